The Balaban J connectivity index is 1.71. The summed E-state index contributed by atoms with van der Waals surface area (Å²) in [7, 11) is 1.56. The van der Waals surface area contributed by atoms with E-state index in [0.29, 0.717) is 17.9 Å². The molecule has 172 valence electrons. The Hall–Kier alpha value is -3.87. The predicted molar refractivity (Wildman–Crippen MR) is 130 cm³/mol. The zero-order chi connectivity index (χ0) is 23.8. The Kier molecular flexibility index (Phi) is 8.02. The van der Waals surface area contributed by atoms with Gasteiger partial charge in [0.1, 0.15) is 17.5 Å². The molecule has 0 aliphatic heterocycles. The molecule has 0 spiro atoms. The predicted octanol–water partition coefficient (Wildman–Crippen LogP) is 4.15. The molecule has 2 amide bonds. The van der Waals surface area contributed by atoms with Gasteiger partial charge in [0.2, 0.25) is 0 Å². The normalized spacial score (nSPS) is 12.0. The van der Waals surface area contributed by atoms with Gasteiger partial charge < -0.3 is 14.8 Å². The number of rotatable bonds is 9. The first-order chi connectivity index (χ1) is 15.9. The molecule has 7 nitrogen and oxygen atoms in total. The fraction of sp³-hybridized carbons (Fsp3) is 0.269. The van der Waals surface area contributed by atoms with Crippen molar-refractivity contribution in [3.63, 3.8) is 0 Å². The molecule has 3 rings (SSSR count). The van der Waals surface area contributed by atoms with E-state index in [1.54, 1.807) is 37.6 Å². The number of hydrazone groups is 1. The van der Waals surface area contributed by atoms with Crippen LogP contribution < -0.4 is 20.2 Å². The van der Waals surface area contributed by atoms with Gasteiger partial charge in [0.15, 0.2) is 0 Å². The third-order valence-corrected chi connectivity index (χ3v) is 5.18. The van der Waals surface area contributed by atoms with E-state index in [1.807, 2.05) is 57.2 Å². The maximum atomic E-state index is 12.8. The first kappa shape index (κ1) is 23.8. The molecule has 1 atom stereocenters. The first-order valence-corrected chi connectivity index (χ1v) is 10.9. The van der Waals surface area contributed by atoms with Gasteiger partial charge in [-0.25, -0.2) is 5.43 Å². The van der Waals surface area contributed by atoms with Crippen LogP contribution in [0.25, 0.3) is 10.8 Å². The Morgan fingerprint density at radius 2 is 1.70 bits per heavy atom. The van der Waals surface area contributed by atoms with Crippen LogP contribution in [0.15, 0.2) is 65.8 Å². The van der Waals surface area contributed by atoms with Gasteiger partial charge in [-0.05, 0) is 54.6 Å². The van der Waals surface area contributed by atoms with E-state index in [4.69, 9.17) is 9.47 Å². The van der Waals surface area contributed by atoms with Crippen LogP contribution in [0.3, 0.4) is 0 Å². The minimum atomic E-state index is -0.742. The summed E-state index contributed by atoms with van der Waals surface area (Å²) in [6, 6.07) is 17.6. The Bertz CT molecular complexity index is 1140. The van der Waals surface area contributed by atoms with Gasteiger partial charge in [0.05, 0.1) is 19.9 Å². The molecule has 0 fully saturated rings. The van der Waals surface area contributed by atoms with Crippen LogP contribution in [0.5, 0.6) is 11.5 Å². The van der Waals surface area contributed by atoms with Crippen LogP contribution in [0, 0.1) is 5.92 Å². The monoisotopic (exact) mass is 447 g/mol. The van der Waals surface area contributed by atoms with Crippen molar-refractivity contribution < 1.29 is 19.1 Å². The molecule has 0 heterocycles. The smallest absolute Gasteiger partial charge is 0.262 e. The lowest BCUT2D eigenvalue weighted by atomic mass is 10.0. The third-order valence-electron chi connectivity index (χ3n) is 5.18. The van der Waals surface area contributed by atoms with Gasteiger partial charge in [-0.3, -0.25) is 9.59 Å². The van der Waals surface area contributed by atoms with Gasteiger partial charge in [-0.2, -0.15) is 5.10 Å². The van der Waals surface area contributed by atoms with Crippen LogP contribution >= 0.6 is 0 Å². The third kappa shape index (κ3) is 5.88. The van der Waals surface area contributed by atoms with Gasteiger partial charge >= 0.3 is 0 Å². The van der Waals surface area contributed by atoms with E-state index in [-0.39, 0.29) is 11.8 Å². The zero-order valence-electron chi connectivity index (χ0n) is 19.3. The maximum absolute atomic E-state index is 12.8. The largest absolute Gasteiger partial charge is 0.497 e. The number of benzene rings is 3. The van der Waals surface area contributed by atoms with Crippen molar-refractivity contribution >= 4 is 28.8 Å². The molecule has 3 aromatic rings. The second-order valence-electron chi connectivity index (χ2n) is 7.79. The van der Waals surface area contributed by atoms with Crippen LogP contribution in [0.1, 0.15) is 36.7 Å². The average Bonchev–Trinajstić information content (AvgIpc) is 2.83. The number of fused-ring (bicyclic) bond motifs is 1. The lowest BCUT2D eigenvalue weighted by molar-refractivity contribution is -0.123. The second-order valence-corrected chi connectivity index (χ2v) is 7.79. The Morgan fingerprint density at radius 1 is 1.00 bits per heavy atom. The highest BCUT2D eigenvalue weighted by Gasteiger charge is 2.24. The summed E-state index contributed by atoms with van der Waals surface area (Å²) in [6.07, 6.45) is 1.60. The number of methoxy groups -OCH3 is 1. The minimum absolute atomic E-state index is 0.131. The molecule has 0 aliphatic rings. The minimum Gasteiger partial charge on any atom is -0.497 e. The van der Waals surface area contributed by atoms with Crippen molar-refractivity contribution in [2.24, 2.45) is 11.0 Å². The molecule has 0 saturated carbocycles. The van der Waals surface area contributed by atoms with E-state index in [9.17, 15) is 9.59 Å². The van der Waals surface area contributed by atoms with Crippen molar-refractivity contribution in [2.75, 3.05) is 13.7 Å². The molecule has 1 unspecified atom stereocenters. The summed E-state index contributed by atoms with van der Waals surface area (Å²) in [6.45, 7) is 6.25. The SMILES string of the molecule is CCOc1ccc(/C=N/NC(=O)C(NC(=O)c2ccc(OC)cc2)C(C)C)c2ccccc12. The number of nitrogens with zero attached hydrogens (tertiary/aromatic N) is 1. The van der Waals surface area contributed by atoms with Gasteiger partial charge in [0, 0.05) is 16.5 Å². The molecule has 7 heteroatoms. The van der Waals surface area contributed by atoms with E-state index < -0.39 is 11.9 Å². The highest BCUT2D eigenvalue weighted by atomic mass is 16.5. The van der Waals surface area contributed by atoms with Crippen LogP contribution in [0.2, 0.25) is 0 Å². The standard InChI is InChI=1S/C26H29N3O4/c1-5-33-23-15-12-19(21-8-6-7-9-22(21)23)16-27-29-26(31)24(17(2)3)28-25(30)18-10-13-20(32-4)14-11-18/h6-17,24H,5H2,1-4H3,(H,28,30)(H,29,31)/b27-16+. The first-order valence-electron chi connectivity index (χ1n) is 10.9. The number of carbonyl (C=O) groups excluding carboxylic acids is 2. The number of amides is 2. The van der Waals surface area contributed by atoms with E-state index >= 15 is 0 Å². The zero-order valence-corrected chi connectivity index (χ0v) is 19.3. The van der Waals surface area contributed by atoms with E-state index in [1.165, 1.54) is 0 Å². The van der Waals surface area contributed by atoms with Crippen molar-refractivity contribution in [1.29, 1.82) is 0 Å². The molecular formula is C26H29N3O4. The molecular weight excluding hydrogens is 418 g/mol. The lowest BCUT2D eigenvalue weighted by Crippen LogP contribution is -2.48. The average molecular weight is 448 g/mol. The number of hydrogen-bond donors (Lipinski definition) is 2. The number of ether oxygens (including phenoxy) is 2. The van der Waals surface area contributed by atoms with Crippen molar-refractivity contribution in [2.45, 2.75) is 26.8 Å². The topological polar surface area (TPSA) is 89.0 Å². The second kappa shape index (κ2) is 11.1. The summed E-state index contributed by atoms with van der Waals surface area (Å²) in [4.78, 5) is 25.4. The van der Waals surface area contributed by atoms with Crippen LogP contribution in [0.4, 0.5) is 0 Å². The van der Waals surface area contributed by atoms with Crippen LogP contribution in [-0.2, 0) is 4.79 Å². The Labute approximate surface area is 193 Å². The van der Waals surface area contributed by atoms with E-state index in [0.717, 1.165) is 22.1 Å². The maximum Gasteiger partial charge on any atom is 0.262 e. The molecule has 2 N–H and O–H groups in total. The molecule has 0 radical (unpaired) electrons. The van der Waals surface area contributed by atoms with Crippen molar-refractivity contribution in [3.8, 4) is 11.5 Å². The number of hydrogen-bond acceptors (Lipinski definition) is 5. The molecule has 3 aromatic carbocycles. The van der Waals surface area contributed by atoms with Crippen molar-refractivity contribution in [1.82, 2.24) is 10.7 Å². The molecule has 0 aromatic heterocycles. The summed E-state index contributed by atoms with van der Waals surface area (Å²) in [5, 5.41) is 8.87. The van der Waals surface area contributed by atoms with Crippen LogP contribution in [-0.4, -0.2) is 37.8 Å². The fourth-order valence-electron chi connectivity index (χ4n) is 3.43. The lowest BCUT2D eigenvalue weighted by Gasteiger charge is -2.20. The molecule has 33 heavy (non-hydrogen) atoms. The molecule has 0 saturated heterocycles. The van der Waals surface area contributed by atoms with Crippen molar-refractivity contribution in [3.05, 3.63) is 71.8 Å². The summed E-state index contributed by atoms with van der Waals surface area (Å²) in [5.41, 5.74) is 3.84. The number of nitrogens with one attached hydrogen (secondary N) is 2. The highest BCUT2D eigenvalue weighted by Crippen LogP contribution is 2.27. The highest BCUT2D eigenvalue weighted by molar-refractivity contribution is 6.03. The van der Waals surface area contributed by atoms with Gasteiger partial charge in [-0.15, -0.1) is 0 Å². The Morgan fingerprint density at radius 3 is 2.33 bits per heavy atom. The quantitative estimate of drug-likeness (QED) is 0.381. The molecule has 0 bridgehead atoms. The van der Waals surface area contributed by atoms with Gasteiger partial charge in [0.25, 0.3) is 11.8 Å². The summed E-state index contributed by atoms with van der Waals surface area (Å²) in [5.74, 6) is 0.594. The fourth-order valence-corrected chi connectivity index (χ4v) is 3.43. The van der Waals surface area contributed by atoms with Gasteiger partial charge in [-0.1, -0.05) is 38.1 Å². The summed E-state index contributed by atoms with van der Waals surface area (Å²) >= 11 is 0. The molecule has 0 aliphatic carbocycles. The number of carbonyl (C=O) groups is 2. The summed E-state index contributed by atoms with van der Waals surface area (Å²) < 4.78 is 10.8. The van der Waals surface area contributed by atoms with E-state index in [2.05, 4.69) is 15.8 Å².